The van der Waals surface area contributed by atoms with Gasteiger partial charge in [0.05, 0.1) is 12.1 Å². The van der Waals surface area contributed by atoms with Gasteiger partial charge in [-0.1, -0.05) is 11.4 Å². The summed E-state index contributed by atoms with van der Waals surface area (Å²) in [6.45, 7) is 1.89. The Hall–Kier alpha value is -1.80. The lowest BCUT2D eigenvalue weighted by atomic mass is 10.2. The molecule has 0 bridgehead atoms. The van der Waals surface area contributed by atoms with Crippen molar-refractivity contribution in [1.82, 2.24) is 20.4 Å². The van der Waals surface area contributed by atoms with Crippen molar-refractivity contribution < 1.29 is 9.59 Å². The molecule has 2 aromatic rings. The van der Waals surface area contributed by atoms with Crippen LogP contribution in [0.25, 0.3) is 0 Å². The highest BCUT2D eigenvalue weighted by Crippen LogP contribution is 2.10. The zero-order valence-corrected chi connectivity index (χ0v) is 11.8. The van der Waals surface area contributed by atoms with E-state index in [0.29, 0.717) is 17.0 Å². The molecule has 0 atom stereocenters. The zero-order chi connectivity index (χ0) is 13.7. The van der Waals surface area contributed by atoms with Crippen molar-refractivity contribution in [3.63, 3.8) is 0 Å². The molecule has 0 fully saturated rings. The number of thiophene rings is 1. The second kappa shape index (κ2) is 6.39. The fraction of sp³-hybridized carbons (Fsp3) is 0.273. The molecule has 8 heteroatoms. The van der Waals surface area contributed by atoms with Crippen LogP contribution in [0.15, 0.2) is 16.8 Å². The van der Waals surface area contributed by atoms with E-state index in [0.717, 1.165) is 17.1 Å². The highest BCUT2D eigenvalue weighted by molar-refractivity contribution is 7.08. The van der Waals surface area contributed by atoms with Crippen LogP contribution in [0.5, 0.6) is 0 Å². The SMILES string of the molecule is CCc1nnsc1C(=O)NNC(=O)Cc1ccsc1. The molecular weight excluding hydrogens is 284 g/mol. The van der Waals surface area contributed by atoms with Crippen LogP contribution in [-0.4, -0.2) is 21.4 Å². The van der Waals surface area contributed by atoms with Gasteiger partial charge in [0.1, 0.15) is 4.88 Å². The Balaban J connectivity index is 1.85. The number of rotatable bonds is 4. The molecule has 2 amide bonds. The van der Waals surface area contributed by atoms with Crippen LogP contribution in [0.3, 0.4) is 0 Å². The van der Waals surface area contributed by atoms with E-state index < -0.39 is 0 Å². The van der Waals surface area contributed by atoms with Gasteiger partial charge < -0.3 is 0 Å². The standard InChI is InChI=1S/C11H12N4O2S2/c1-2-8-10(19-15-12-8)11(17)14-13-9(16)5-7-3-4-18-6-7/h3-4,6H,2,5H2,1H3,(H,13,16)(H,14,17). The monoisotopic (exact) mass is 296 g/mol. The fourth-order valence-corrected chi connectivity index (χ4v) is 2.73. The lowest BCUT2D eigenvalue weighted by molar-refractivity contribution is -0.121. The van der Waals surface area contributed by atoms with Crippen molar-refractivity contribution in [1.29, 1.82) is 0 Å². The van der Waals surface area contributed by atoms with Gasteiger partial charge in [0, 0.05) is 0 Å². The van der Waals surface area contributed by atoms with Crippen LogP contribution in [0.2, 0.25) is 0 Å². The Morgan fingerprint density at radius 2 is 2.21 bits per heavy atom. The van der Waals surface area contributed by atoms with Gasteiger partial charge in [-0.25, -0.2) is 0 Å². The molecule has 2 heterocycles. The van der Waals surface area contributed by atoms with Crippen LogP contribution in [0.4, 0.5) is 0 Å². The van der Waals surface area contributed by atoms with Gasteiger partial charge in [-0.05, 0) is 40.3 Å². The van der Waals surface area contributed by atoms with Gasteiger partial charge >= 0.3 is 0 Å². The molecule has 0 aliphatic carbocycles. The summed E-state index contributed by atoms with van der Waals surface area (Å²) in [5.41, 5.74) is 6.30. The van der Waals surface area contributed by atoms with Crippen molar-refractivity contribution in [3.05, 3.63) is 33.0 Å². The minimum Gasteiger partial charge on any atom is -0.273 e. The van der Waals surface area contributed by atoms with Gasteiger partial charge in [0.15, 0.2) is 0 Å². The molecule has 100 valence electrons. The second-order valence-electron chi connectivity index (χ2n) is 3.71. The molecule has 19 heavy (non-hydrogen) atoms. The first-order valence-electron chi connectivity index (χ1n) is 5.62. The second-order valence-corrected chi connectivity index (χ2v) is 5.25. The van der Waals surface area contributed by atoms with Crippen molar-refractivity contribution >= 4 is 34.7 Å². The summed E-state index contributed by atoms with van der Waals surface area (Å²) < 4.78 is 3.72. The Bertz CT molecular complexity index is 565. The first-order chi connectivity index (χ1) is 9.20. The van der Waals surface area contributed by atoms with Crippen molar-refractivity contribution in [2.24, 2.45) is 0 Å². The number of nitrogens with zero attached hydrogens (tertiary/aromatic N) is 2. The van der Waals surface area contributed by atoms with E-state index in [-0.39, 0.29) is 18.2 Å². The molecule has 2 aromatic heterocycles. The summed E-state index contributed by atoms with van der Waals surface area (Å²) >= 11 is 2.54. The normalized spacial score (nSPS) is 10.2. The average molecular weight is 296 g/mol. The Kier molecular flexibility index (Phi) is 4.58. The van der Waals surface area contributed by atoms with Crippen molar-refractivity contribution in [3.8, 4) is 0 Å². The van der Waals surface area contributed by atoms with Crippen LogP contribution in [0, 0.1) is 0 Å². The van der Waals surface area contributed by atoms with Crippen LogP contribution in [-0.2, 0) is 17.6 Å². The van der Waals surface area contributed by atoms with E-state index >= 15 is 0 Å². The number of hydrogen-bond acceptors (Lipinski definition) is 6. The van der Waals surface area contributed by atoms with E-state index in [4.69, 9.17) is 0 Å². The average Bonchev–Trinajstić information content (AvgIpc) is 3.06. The number of amides is 2. The number of carbonyl (C=O) groups is 2. The smallest absolute Gasteiger partial charge is 0.273 e. The van der Waals surface area contributed by atoms with Crippen molar-refractivity contribution in [2.75, 3.05) is 0 Å². The Morgan fingerprint density at radius 3 is 2.89 bits per heavy atom. The first kappa shape index (κ1) is 13.6. The van der Waals surface area contributed by atoms with E-state index in [1.807, 2.05) is 23.8 Å². The molecule has 0 saturated heterocycles. The van der Waals surface area contributed by atoms with Gasteiger partial charge in [0.2, 0.25) is 5.91 Å². The molecule has 2 rings (SSSR count). The number of hydrazine groups is 1. The molecule has 0 unspecified atom stereocenters. The molecule has 2 N–H and O–H groups in total. The third-order valence-electron chi connectivity index (χ3n) is 2.36. The van der Waals surface area contributed by atoms with E-state index in [1.165, 1.54) is 11.3 Å². The van der Waals surface area contributed by atoms with E-state index in [2.05, 4.69) is 20.4 Å². The van der Waals surface area contributed by atoms with Gasteiger partial charge in [0.25, 0.3) is 5.91 Å². The maximum Gasteiger partial charge on any atom is 0.283 e. The highest BCUT2D eigenvalue weighted by atomic mass is 32.1. The minimum absolute atomic E-state index is 0.241. The predicted octanol–water partition coefficient (Wildman–Crippen LogP) is 1.17. The van der Waals surface area contributed by atoms with E-state index in [1.54, 1.807) is 0 Å². The molecular formula is C11H12N4O2S2. The first-order valence-corrected chi connectivity index (χ1v) is 7.33. The lowest BCUT2D eigenvalue weighted by Gasteiger charge is -2.05. The summed E-state index contributed by atoms with van der Waals surface area (Å²) in [7, 11) is 0. The quantitative estimate of drug-likeness (QED) is 0.829. The van der Waals surface area contributed by atoms with E-state index in [9.17, 15) is 9.59 Å². The van der Waals surface area contributed by atoms with Gasteiger partial charge in [-0.3, -0.25) is 20.4 Å². The Labute approximate surface area is 118 Å². The number of carbonyl (C=O) groups excluding carboxylic acids is 2. The molecule has 0 spiro atoms. The van der Waals surface area contributed by atoms with Crippen LogP contribution >= 0.6 is 22.9 Å². The summed E-state index contributed by atoms with van der Waals surface area (Å²) in [4.78, 5) is 23.8. The fourth-order valence-electron chi connectivity index (χ4n) is 1.42. The molecule has 0 radical (unpaired) electrons. The molecule has 6 nitrogen and oxygen atoms in total. The van der Waals surface area contributed by atoms with Gasteiger partial charge in [-0.2, -0.15) is 11.3 Å². The number of aromatic nitrogens is 2. The molecule has 0 aliphatic rings. The predicted molar refractivity (Wildman–Crippen MR) is 72.9 cm³/mol. The zero-order valence-electron chi connectivity index (χ0n) is 10.2. The topological polar surface area (TPSA) is 84.0 Å². The Morgan fingerprint density at radius 1 is 1.37 bits per heavy atom. The maximum absolute atomic E-state index is 11.8. The molecule has 0 aromatic carbocycles. The van der Waals surface area contributed by atoms with Gasteiger partial charge in [-0.15, -0.1) is 5.10 Å². The minimum atomic E-state index is -0.384. The summed E-state index contributed by atoms with van der Waals surface area (Å²) in [5, 5.41) is 7.63. The molecule has 0 saturated carbocycles. The van der Waals surface area contributed by atoms with Crippen LogP contribution < -0.4 is 10.9 Å². The largest absolute Gasteiger partial charge is 0.283 e. The van der Waals surface area contributed by atoms with Crippen molar-refractivity contribution in [2.45, 2.75) is 19.8 Å². The summed E-state index contributed by atoms with van der Waals surface area (Å²) in [6, 6.07) is 1.87. The number of hydrogen-bond donors (Lipinski definition) is 2. The summed E-state index contributed by atoms with van der Waals surface area (Å²) in [5.74, 6) is -0.646. The number of nitrogens with one attached hydrogen (secondary N) is 2. The third-order valence-corrected chi connectivity index (χ3v) is 3.86. The third kappa shape index (κ3) is 3.58. The molecule has 0 aliphatic heterocycles. The summed E-state index contributed by atoms with van der Waals surface area (Å²) in [6.07, 6.45) is 0.869. The lowest BCUT2D eigenvalue weighted by Crippen LogP contribution is -2.42. The maximum atomic E-state index is 11.8. The van der Waals surface area contributed by atoms with Crippen LogP contribution in [0.1, 0.15) is 27.9 Å². The highest BCUT2D eigenvalue weighted by Gasteiger charge is 2.15. The number of aryl methyl sites for hydroxylation is 1.